The zero-order valence-electron chi connectivity index (χ0n) is 8.90. The molecule has 82 valence electrons. The molecule has 15 heavy (non-hydrogen) atoms. The van der Waals surface area contributed by atoms with Crippen molar-refractivity contribution in [1.29, 1.82) is 0 Å². The molecule has 2 rings (SSSR count). The summed E-state index contributed by atoms with van der Waals surface area (Å²) in [5, 5.41) is 19.4. The van der Waals surface area contributed by atoms with Crippen LogP contribution in [0.4, 0.5) is 0 Å². The fraction of sp³-hybridized carbons (Fsp3) is 0.545. The summed E-state index contributed by atoms with van der Waals surface area (Å²) >= 11 is 0. The van der Waals surface area contributed by atoms with Gasteiger partial charge in [0.25, 0.3) is 0 Å². The number of fused-ring (bicyclic) bond motifs is 1. The molecule has 1 aliphatic carbocycles. The summed E-state index contributed by atoms with van der Waals surface area (Å²) in [5.41, 5.74) is -0.216. The average Bonchev–Trinajstić information content (AvgIpc) is 2.53. The number of carboxylic acid groups (broad SMARTS) is 1. The molecule has 0 spiro atoms. The second kappa shape index (κ2) is 3.10. The van der Waals surface area contributed by atoms with Crippen LogP contribution in [0.3, 0.4) is 0 Å². The van der Waals surface area contributed by atoms with Crippen LogP contribution in [-0.4, -0.2) is 20.7 Å². The van der Waals surface area contributed by atoms with Crippen LogP contribution >= 0.6 is 0 Å². The molecule has 0 radical (unpaired) electrons. The SMILES string of the molecule is CC1CCc2cn(C)cc2C1(O)C(=O)O. The summed E-state index contributed by atoms with van der Waals surface area (Å²) in [4.78, 5) is 11.2. The summed E-state index contributed by atoms with van der Waals surface area (Å²) < 4.78 is 1.80. The molecule has 2 atom stereocenters. The van der Waals surface area contributed by atoms with Crippen LogP contribution in [0.2, 0.25) is 0 Å². The van der Waals surface area contributed by atoms with Gasteiger partial charge in [-0.15, -0.1) is 0 Å². The van der Waals surface area contributed by atoms with Gasteiger partial charge in [-0.25, -0.2) is 4.79 Å². The van der Waals surface area contributed by atoms with Gasteiger partial charge < -0.3 is 14.8 Å². The van der Waals surface area contributed by atoms with E-state index in [4.69, 9.17) is 5.11 Å². The van der Waals surface area contributed by atoms with Crippen molar-refractivity contribution in [3.8, 4) is 0 Å². The number of aliphatic carboxylic acids is 1. The highest BCUT2D eigenvalue weighted by molar-refractivity contribution is 5.80. The van der Waals surface area contributed by atoms with Gasteiger partial charge in [0.2, 0.25) is 0 Å². The number of nitrogens with zero attached hydrogens (tertiary/aromatic N) is 1. The first kappa shape index (κ1) is 10.2. The highest BCUT2D eigenvalue weighted by Crippen LogP contribution is 2.40. The van der Waals surface area contributed by atoms with E-state index in [0.717, 1.165) is 12.0 Å². The lowest BCUT2D eigenvalue weighted by molar-refractivity contribution is -0.167. The minimum atomic E-state index is -1.71. The molecule has 0 saturated heterocycles. The van der Waals surface area contributed by atoms with E-state index < -0.39 is 11.6 Å². The molecule has 0 saturated carbocycles. The highest BCUT2D eigenvalue weighted by atomic mass is 16.4. The second-order valence-electron chi connectivity index (χ2n) is 4.37. The van der Waals surface area contributed by atoms with E-state index in [9.17, 15) is 9.90 Å². The molecule has 2 N–H and O–H groups in total. The van der Waals surface area contributed by atoms with Gasteiger partial charge in [0.05, 0.1) is 0 Å². The smallest absolute Gasteiger partial charge is 0.340 e. The Balaban J connectivity index is 2.59. The summed E-state index contributed by atoms with van der Waals surface area (Å²) in [6, 6.07) is 0. The Bertz CT molecular complexity index is 410. The zero-order chi connectivity index (χ0) is 11.2. The molecule has 0 bridgehead atoms. The van der Waals surface area contributed by atoms with Crippen molar-refractivity contribution in [2.45, 2.75) is 25.4 Å². The maximum Gasteiger partial charge on any atom is 0.340 e. The number of rotatable bonds is 1. The van der Waals surface area contributed by atoms with Crippen LogP contribution in [0.15, 0.2) is 12.4 Å². The van der Waals surface area contributed by atoms with E-state index in [0.29, 0.717) is 12.0 Å². The van der Waals surface area contributed by atoms with Crippen LogP contribution in [0.5, 0.6) is 0 Å². The molecule has 1 aromatic rings. The Morgan fingerprint density at radius 2 is 2.27 bits per heavy atom. The molecule has 4 nitrogen and oxygen atoms in total. The molecule has 0 amide bonds. The average molecular weight is 209 g/mol. The van der Waals surface area contributed by atoms with E-state index >= 15 is 0 Å². The maximum absolute atomic E-state index is 11.2. The quantitative estimate of drug-likeness (QED) is 0.721. The van der Waals surface area contributed by atoms with Crippen LogP contribution < -0.4 is 0 Å². The third-order valence-electron chi connectivity index (χ3n) is 3.33. The fourth-order valence-electron chi connectivity index (χ4n) is 2.35. The lowest BCUT2D eigenvalue weighted by atomic mass is 9.74. The van der Waals surface area contributed by atoms with Crippen molar-refractivity contribution in [2.24, 2.45) is 13.0 Å². The first-order valence-corrected chi connectivity index (χ1v) is 5.07. The molecule has 0 aliphatic heterocycles. The van der Waals surface area contributed by atoms with Crippen molar-refractivity contribution >= 4 is 5.97 Å². The Kier molecular flexibility index (Phi) is 2.12. The standard InChI is InChI=1S/C11H15NO3/c1-7-3-4-8-5-12(2)6-9(8)11(7,15)10(13)14/h5-7,15H,3-4H2,1-2H3,(H,13,14). The molecular formula is C11H15NO3. The van der Waals surface area contributed by atoms with Crippen LogP contribution in [0.1, 0.15) is 24.5 Å². The number of hydrogen-bond donors (Lipinski definition) is 2. The number of carboxylic acids is 1. The predicted octanol–water partition coefficient (Wildman–Crippen LogP) is 0.880. The van der Waals surface area contributed by atoms with Crippen molar-refractivity contribution in [2.75, 3.05) is 0 Å². The van der Waals surface area contributed by atoms with Gasteiger partial charge in [-0.05, 0) is 18.4 Å². The second-order valence-corrected chi connectivity index (χ2v) is 4.37. The Labute approximate surface area is 88.1 Å². The summed E-state index contributed by atoms with van der Waals surface area (Å²) in [7, 11) is 1.84. The Hall–Kier alpha value is -1.29. The monoisotopic (exact) mass is 209 g/mol. The first-order chi connectivity index (χ1) is 6.96. The summed E-state index contributed by atoms with van der Waals surface area (Å²) in [6.07, 6.45) is 5.14. The topological polar surface area (TPSA) is 62.5 Å². The maximum atomic E-state index is 11.2. The highest BCUT2D eigenvalue weighted by Gasteiger charge is 2.47. The predicted molar refractivity (Wildman–Crippen MR) is 54.4 cm³/mol. The summed E-state index contributed by atoms with van der Waals surface area (Å²) in [5.74, 6) is -1.40. The molecule has 0 aromatic carbocycles. The molecule has 2 unspecified atom stereocenters. The van der Waals surface area contributed by atoms with Crippen LogP contribution in [0, 0.1) is 5.92 Å². The minimum absolute atomic E-state index is 0.245. The molecule has 4 heteroatoms. The third-order valence-corrected chi connectivity index (χ3v) is 3.33. The van der Waals surface area contributed by atoms with Crippen molar-refractivity contribution in [3.63, 3.8) is 0 Å². The zero-order valence-corrected chi connectivity index (χ0v) is 8.90. The normalized spacial score (nSPS) is 29.9. The molecule has 1 aromatic heterocycles. The Morgan fingerprint density at radius 1 is 1.60 bits per heavy atom. The third kappa shape index (κ3) is 1.28. The number of hydrogen-bond acceptors (Lipinski definition) is 2. The number of carbonyl (C=O) groups is 1. The van der Waals surface area contributed by atoms with Gasteiger partial charge in [-0.3, -0.25) is 0 Å². The number of aliphatic hydroxyl groups is 1. The number of aromatic nitrogens is 1. The van der Waals surface area contributed by atoms with E-state index in [1.807, 2.05) is 13.2 Å². The lowest BCUT2D eigenvalue weighted by Crippen LogP contribution is -2.44. The lowest BCUT2D eigenvalue weighted by Gasteiger charge is -2.34. The molecule has 1 aliphatic rings. The van der Waals surface area contributed by atoms with Gasteiger partial charge in [0.1, 0.15) is 0 Å². The number of aryl methyl sites for hydroxylation is 2. The van der Waals surface area contributed by atoms with Crippen molar-refractivity contribution < 1.29 is 15.0 Å². The van der Waals surface area contributed by atoms with Gasteiger partial charge in [0, 0.05) is 30.9 Å². The van der Waals surface area contributed by atoms with Crippen molar-refractivity contribution in [3.05, 3.63) is 23.5 Å². The summed E-state index contributed by atoms with van der Waals surface area (Å²) in [6.45, 7) is 1.78. The van der Waals surface area contributed by atoms with Gasteiger partial charge >= 0.3 is 5.97 Å². The van der Waals surface area contributed by atoms with E-state index in [1.165, 1.54) is 0 Å². The van der Waals surface area contributed by atoms with E-state index in [2.05, 4.69) is 0 Å². The van der Waals surface area contributed by atoms with E-state index in [-0.39, 0.29) is 5.92 Å². The molecule has 0 fully saturated rings. The first-order valence-electron chi connectivity index (χ1n) is 5.07. The van der Waals surface area contributed by atoms with E-state index in [1.54, 1.807) is 17.7 Å². The minimum Gasteiger partial charge on any atom is -0.479 e. The van der Waals surface area contributed by atoms with Gasteiger partial charge in [-0.2, -0.15) is 0 Å². The van der Waals surface area contributed by atoms with Gasteiger partial charge in [-0.1, -0.05) is 6.92 Å². The van der Waals surface area contributed by atoms with Crippen molar-refractivity contribution in [1.82, 2.24) is 4.57 Å². The van der Waals surface area contributed by atoms with Crippen LogP contribution in [0.25, 0.3) is 0 Å². The molecule has 1 heterocycles. The fourth-order valence-corrected chi connectivity index (χ4v) is 2.35. The Morgan fingerprint density at radius 3 is 2.87 bits per heavy atom. The molecular weight excluding hydrogens is 194 g/mol. The van der Waals surface area contributed by atoms with Crippen LogP contribution in [-0.2, 0) is 23.9 Å². The largest absolute Gasteiger partial charge is 0.479 e. The van der Waals surface area contributed by atoms with Gasteiger partial charge in [0.15, 0.2) is 5.60 Å².